The molecule has 23 heavy (non-hydrogen) atoms. The summed E-state index contributed by atoms with van der Waals surface area (Å²) in [4.78, 5) is 16.1. The molecule has 3 aromatic rings. The lowest BCUT2D eigenvalue weighted by Gasteiger charge is -2.05. The number of imidazole rings is 1. The minimum Gasteiger partial charge on any atom is -0.380 e. The van der Waals surface area contributed by atoms with Crippen molar-refractivity contribution in [3.63, 3.8) is 0 Å². The monoisotopic (exact) mass is 328 g/mol. The van der Waals surface area contributed by atoms with E-state index in [9.17, 15) is 4.79 Å². The zero-order valence-corrected chi connectivity index (χ0v) is 13.9. The number of hydrogen-bond acceptors (Lipinski definition) is 3. The number of fused-ring (bicyclic) bond motifs is 1. The Morgan fingerprint density at radius 2 is 1.91 bits per heavy atom. The summed E-state index contributed by atoms with van der Waals surface area (Å²) in [5, 5.41) is 0. The highest BCUT2D eigenvalue weighted by atomic mass is 32.2. The molecule has 3 rings (SSSR count). The van der Waals surface area contributed by atoms with Crippen molar-refractivity contribution in [3.05, 3.63) is 64.6 Å². The summed E-state index contributed by atoms with van der Waals surface area (Å²) in [6, 6.07) is 16.2. The summed E-state index contributed by atoms with van der Waals surface area (Å²) in [6.45, 7) is 1.38. The van der Waals surface area contributed by atoms with Crippen LogP contribution in [0.4, 0.5) is 0 Å². The van der Waals surface area contributed by atoms with Crippen LogP contribution in [0.15, 0.2) is 58.2 Å². The number of nitrogens with zero attached hydrogens (tertiary/aromatic N) is 1. The van der Waals surface area contributed by atoms with E-state index >= 15 is 0 Å². The van der Waals surface area contributed by atoms with Crippen LogP contribution in [0.1, 0.15) is 12.0 Å². The number of rotatable bonds is 7. The number of hydrogen-bond donors (Lipinski definition) is 1. The smallest absolute Gasteiger partial charge is 0.326 e. The molecule has 0 radical (unpaired) electrons. The first-order chi connectivity index (χ1) is 11.3. The molecule has 0 bridgehead atoms. The van der Waals surface area contributed by atoms with Gasteiger partial charge >= 0.3 is 5.69 Å². The minimum atomic E-state index is -0.0277. The van der Waals surface area contributed by atoms with E-state index < -0.39 is 0 Å². The third-order valence-electron chi connectivity index (χ3n) is 3.71. The van der Waals surface area contributed by atoms with E-state index in [1.165, 1.54) is 10.5 Å². The van der Waals surface area contributed by atoms with Crippen LogP contribution in [0.25, 0.3) is 11.0 Å². The second kappa shape index (κ2) is 7.53. The molecule has 0 aliphatic heterocycles. The zero-order chi connectivity index (χ0) is 16.1. The molecule has 0 unspecified atom stereocenters. The summed E-state index contributed by atoms with van der Waals surface area (Å²) in [5.74, 6) is 0.982. The molecule has 1 aromatic heterocycles. The summed E-state index contributed by atoms with van der Waals surface area (Å²) < 4.78 is 6.93. The molecule has 120 valence electrons. The number of aromatic amines is 1. The summed E-state index contributed by atoms with van der Waals surface area (Å²) in [6.07, 6.45) is 0.951. The van der Waals surface area contributed by atoms with Crippen molar-refractivity contribution >= 4 is 22.8 Å². The number of ether oxygens (including phenoxy) is 1. The van der Waals surface area contributed by atoms with Gasteiger partial charge in [0.15, 0.2) is 0 Å². The molecule has 0 atom stereocenters. The molecule has 4 nitrogen and oxygen atoms in total. The van der Waals surface area contributed by atoms with Crippen molar-refractivity contribution in [3.8, 4) is 0 Å². The second-order valence-electron chi connectivity index (χ2n) is 5.38. The topological polar surface area (TPSA) is 47.0 Å². The number of aromatic nitrogens is 2. The van der Waals surface area contributed by atoms with Crippen LogP contribution in [0.5, 0.6) is 0 Å². The van der Waals surface area contributed by atoms with Crippen molar-refractivity contribution in [2.75, 3.05) is 12.9 Å². The Kier molecular flexibility index (Phi) is 5.20. The van der Waals surface area contributed by atoms with Crippen LogP contribution >= 0.6 is 11.8 Å². The van der Waals surface area contributed by atoms with E-state index in [1.807, 2.05) is 40.6 Å². The number of nitrogens with one attached hydrogen (secondary N) is 1. The van der Waals surface area contributed by atoms with Crippen molar-refractivity contribution < 1.29 is 4.74 Å². The van der Waals surface area contributed by atoms with E-state index in [4.69, 9.17) is 4.74 Å². The van der Waals surface area contributed by atoms with Gasteiger partial charge in [-0.3, -0.25) is 4.57 Å². The van der Waals surface area contributed by atoms with Gasteiger partial charge in [0.05, 0.1) is 17.6 Å². The van der Waals surface area contributed by atoms with Gasteiger partial charge in [-0.25, -0.2) is 4.79 Å². The van der Waals surface area contributed by atoms with Crippen molar-refractivity contribution in [1.29, 1.82) is 0 Å². The summed E-state index contributed by atoms with van der Waals surface area (Å²) >= 11 is 1.81. The molecule has 0 amide bonds. The molecule has 0 fully saturated rings. The van der Waals surface area contributed by atoms with Gasteiger partial charge in [-0.15, -0.1) is 11.8 Å². The van der Waals surface area contributed by atoms with E-state index in [2.05, 4.69) is 29.2 Å². The SMILES string of the molecule is COCc1ccc(SCCCn2c(=O)[nH]c3ccccc32)cc1. The highest BCUT2D eigenvalue weighted by molar-refractivity contribution is 7.99. The number of para-hydroxylation sites is 2. The van der Waals surface area contributed by atoms with Crippen LogP contribution in [-0.4, -0.2) is 22.4 Å². The number of H-pyrrole nitrogens is 1. The number of thioether (sulfide) groups is 1. The minimum absolute atomic E-state index is 0.0277. The predicted molar refractivity (Wildman–Crippen MR) is 95.1 cm³/mol. The van der Waals surface area contributed by atoms with Gasteiger partial charge in [0.2, 0.25) is 0 Å². The first-order valence-corrected chi connectivity index (χ1v) is 8.65. The molecule has 2 aromatic carbocycles. The Balaban J connectivity index is 1.55. The molecule has 0 aliphatic rings. The highest BCUT2D eigenvalue weighted by Gasteiger charge is 2.05. The number of aryl methyl sites for hydroxylation is 1. The fourth-order valence-corrected chi connectivity index (χ4v) is 3.43. The molecular formula is C18H20N2O2S. The molecular weight excluding hydrogens is 308 g/mol. The Hall–Kier alpha value is -1.98. The van der Waals surface area contributed by atoms with E-state index in [1.54, 1.807) is 7.11 Å². The van der Waals surface area contributed by atoms with E-state index in [0.29, 0.717) is 6.61 Å². The molecule has 0 spiro atoms. The van der Waals surface area contributed by atoms with E-state index in [0.717, 1.165) is 29.8 Å². The Morgan fingerprint density at radius 3 is 2.70 bits per heavy atom. The predicted octanol–water partition coefficient (Wildman–Crippen LogP) is 3.66. The first kappa shape index (κ1) is 15.9. The van der Waals surface area contributed by atoms with E-state index in [-0.39, 0.29) is 5.69 Å². The zero-order valence-electron chi connectivity index (χ0n) is 13.1. The Bertz CT molecular complexity index is 821. The van der Waals surface area contributed by atoms with Crippen LogP contribution in [0.3, 0.4) is 0 Å². The summed E-state index contributed by atoms with van der Waals surface area (Å²) in [5.41, 5.74) is 3.03. The molecule has 1 heterocycles. The van der Waals surface area contributed by atoms with Crippen LogP contribution < -0.4 is 5.69 Å². The summed E-state index contributed by atoms with van der Waals surface area (Å²) in [7, 11) is 1.70. The lowest BCUT2D eigenvalue weighted by Crippen LogP contribution is -2.17. The molecule has 1 N–H and O–H groups in total. The van der Waals surface area contributed by atoms with Gasteiger partial charge in [-0.1, -0.05) is 24.3 Å². The number of benzene rings is 2. The van der Waals surface area contributed by atoms with Gasteiger partial charge < -0.3 is 9.72 Å². The number of methoxy groups -OCH3 is 1. The fourth-order valence-electron chi connectivity index (χ4n) is 2.59. The van der Waals surface area contributed by atoms with Crippen LogP contribution in [0.2, 0.25) is 0 Å². The lowest BCUT2D eigenvalue weighted by molar-refractivity contribution is 0.185. The average molecular weight is 328 g/mol. The van der Waals surface area contributed by atoms with Crippen LogP contribution in [-0.2, 0) is 17.9 Å². The second-order valence-corrected chi connectivity index (χ2v) is 6.55. The maximum absolute atomic E-state index is 12.0. The van der Waals surface area contributed by atoms with Gasteiger partial charge in [-0.05, 0) is 42.0 Å². The Morgan fingerprint density at radius 1 is 1.13 bits per heavy atom. The highest BCUT2D eigenvalue weighted by Crippen LogP contribution is 2.20. The molecule has 5 heteroatoms. The van der Waals surface area contributed by atoms with Gasteiger partial charge in [-0.2, -0.15) is 0 Å². The van der Waals surface area contributed by atoms with Crippen molar-refractivity contribution in [2.45, 2.75) is 24.5 Å². The molecule has 0 saturated carbocycles. The van der Waals surface area contributed by atoms with Crippen molar-refractivity contribution in [2.24, 2.45) is 0 Å². The van der Waals surface area contributed by atoms with Gasteiger partial charge in [0, 0.05) is 18.6 Å². The quantitative estimate of drug-likeness (QED) is 0.532. The Labute approximate surface area is 139 Å². The normalized spacial score (nSPS) is 11.2. The lowest BCUT2D eigenvalue weighted by atomic mass is 10.2. The van der Waals surface area contributed by atoms with Gasteiger partial charge in [0.25, 0.3) is 0 Å². The first-order valence-electron chi connectivity index (χ1n) is 7.66. The largest absolute Gasteiger partial charge is 0.380 e. The van der Waals surface area contributed by atoms with Crippen LogP contribution in [0, 0.1) is 0 Å². The third kappa shape index (κ3) is 3.86. The molecule has 0 aliphatic carbocycles. The molecule has 0 saturated heterocycles. The fraction of sp³-hybridized carbons (Fsp3) is 0.278. The average Bonchev–Trinajstić information content (AvgIpc) is 2.89. The van der Waals surface area contributed by atoms with Crippen molar-refractivity contribution in [1.82, 2.24) is 9.55 Å². The maximum Gasteiger partial charge on any atom is 0.326 e. The third-order valence-corrected chi connectivity index (χ3v) is 4.81. The van der Waals surface area contributed by atoms with Gasteiger partial charge in [0.1, 0.15) is 0 Å². The maximum atomic E-state index is 12.0. The standard InChI is InChI=1S/C18H20N2O2S/c1-22-13-14-7-9-15(10-8-14)23-12-4-11-20-17-6-3-2-5-16(17)19-18(20)21/h2-3,5-10H,4,11-13H2,1H3,(H,19,21).